The first-order chi connectivity index (χ1) is 9.47. The van der Waals surface area contributed by atoms with Gasteiger partial charge in [0.25, 0.3) is 5.69 Å². The van der Waals surface area contributed by atoms with Crippen LogP contribution in [0.2, 0.25) is 10.0 Å². The number of rotatable bonds is 4. The molecule has 0 fully saturated rings. The SMILES string of the molecule is Nc1ccc(COc2ccc(Cl)c(Cl)c2)cc1[N+](=O)[O-]. The van der Waals surface area contributed by atoms with Crippen molar-refractivity contribution in [1.82, 2.24) is 0 Å². The minimum atomic E-state index is -0.530. The number of benzene rings is 2. The number of anilines is 1. The van der Waals surface area contributed by atoms with Crippen LogP contribution in [0.3, 0.4) is 0 Å². The maximum atomic E-state index is 10.8. The third-order valence-electron chi connectivity index (χ3n) is 2.59. The standard InChI is InChI=1S/C13H10Cl2N2O3/c14-10-3-2-9(6-11(10)15)20-7-8-1-4-12(16)13(5-8)17(18)19/h1-6H,7,16H2. The molecule has 2 aromatic carbocycles. The van der Waals surface area contributed by atoms with Gasteiger partial charge in [-0.15, -0.1) is 0 Å². The topological polar surface area (TPSA) is 78.4 Å². The average Bonchev–Trinajstić information content (AvgIpc) is 2.41. The predicted molar refractivity (Wildman–Crippen MR) is 78.3 cm³/mol. The van der Waals surface area contributed by atoms with Crippen LogP contribution < -0.4 is 10.5 Å². The zero-order valence-corrected chi connectivity index (χ0v) is 11.7. The molecule has 2 N–H and O–H groups in total. The highest BCUT2D eigenvalue weighted by Gasteiger charge is 2.12. The van der Waals surface area contributed by atoms with E-state index < -0.39 is 4.92 Å². The maximum Gasteiger partial charge on any atom is 0.292 e. The smallest absolute Gasteiger partial charge is 0.292 e. The summed E-state index contributed by atoms with van der Waals surface area (Å²) in [5.41, 5.74) is 6.14. The summed E-state index contributed by atoms with van der Waals surface area (Å²) >= 11 is 11.7. The van der Waals surface area contributed by atoms with E-state index in [9.17, 15) is 10.1 Å². The van der Waals surface area contributed by atoms with Gasteiger partial charge in [0.1, 0.15) is 18.0 Å². The van der Waals surface area contributed by atoms with E-state index in [0.29, 0.717) is 21.4 Å². The van der Waals surface area contributed by atoms with Crippen molar-refractivity contribution in [2.45, 2.75) is 6.61 Å². The van der Waals surface area contributed by atoms with Crippen molar-refractivity contribution in [3.8, 4) is 5.75 Å². The van der Waals surface area contributed by atoms with Crippen molar-refractivity contribution in [2.24, 2.45) is 0 Å². The highest BCUT2D eigenvalue weighted by Crippen LogP contribution is 2.27. The van der Waals surface area contributed by atoms with Crippen molar-refractivity contribution in [3.05, 3.63) is 62.1 Å². The predicted octanol–water partition coefficient (Wildman–Crippen LogP) is 4.06. The molecule has 0 heterocycles. The fourth-order valence-corrected chi connectivity index (χ4v) is 1.86. The van der Waals surface area contributed by atoms with Crippen molar-refractivity contribution in [3.63, 3.8) is 0 Å². The van der Waals surface area contributed by atoms with Gasteiger partial charge in [-0.25, -0.2) is 0 Å². The van der Waals surface area contributed by atoms with Crippen molar-refractivity contribution in [2.75, 3.05) is 5.73 Å². The molecule has 0 radical (unpaired) electrons. The van der Waals surface area contributed by atoms with Gasteiger partial charge in [-0.3, -0.25) is 10.1 Å². The molecule has 2 aromatic rings. The summed E-state index contributed by atoms with van der Waals surface area (Å²) in [7, 11) is 0. The van der Waals surface area contributed by atoms with Gasteiger partial charge < -0.3 is 10.5 Å². The van der Waals surface area contributed by atoms with Crippen LogP contribution in [-0.2, 0) is 6.61 Å². The van der Waals surface area contributed by atoms with Crippen LogP contribution in [0.15, 0.2) is 36.4 Å². The quantitative estimate of drug-likeness (QED) is 0.524. The van der Waals surface area contributed by atoms with Gasteiger partial charge in [0, 0.05) is 12.1 Å². The van der Waals surface area contributed by atoms with E-state index in [1.807, 2.05) is 0 Å². The van der Waals surface area contributed by atoms with Crippen LogP contribution in [-0.4, -0.2) is 4.92 Å². The maximum absolute atomic E-state index is 10.8. The molecule has 0 unspecified atom stereocenters. The Balaban J connectivity index is 2.12. The summed E-state index contributed by atoms with van der Waals surface area (Å²) in [4.78, 5) is 10.3. The molecule has 0 aromatic heterocycles. The molecular formula is C13H10Cl2N2O3. The molecule has 7 heteroatoms. The number of nitro groups is 1. The Morgan fingerprint density at radius 2 is 1.90 bits per heavy atom. The third-order valence-corrected chi connectivity index (χ3v) is 3.33. The van der Waals surface area contributed by atoms with Gasteiger partial charge in [0.15, 0.2) is 0 Å². The van der Waals surface area contributed by atoms with E-state index in [2.05, 4.69) is 0 Å². The van der Waals surface area contributed by atoms with Crippen LogP contribution in [0.25, 0.3) is 0 Å². The van der Waals surface area contributed by atoms with Crippen LogP contribution in [0, 0.1) is 10.1 Å². The Morgan fingerprint density at radius 3 is 2.55 bits per heavy atom. The summed E-state index contributed by atoms with van der Waals surface area (Å²) in [6.07, 6.45) is 0. The Labute approximate surface area is 125 Å². The molecule has 0 saturated carbocycles. The number of nitrogens with two attached hydrogens (primary N) is 1. The molecule has 0 amide bonds. The second-order valence-electron chi connectivity index (χ2n) is 4.01. The summed E-state index contributed by atoms with van der Waals surface area (Å²) < 4.78 is 5.50. The first-order valence-electron chi connectivity index (χ1n) is 5.58. The molecule has 0 saturated heterocycles. The van der Waals surface area contributed by atoms with E-state index in [-0.39, 0.29) is 18.0 Å². The largest absolute Gasteiger partial charge is 0.489 e. The number of nitro benzene ring substituents is 1. The Hall–Kier alpha value is -1.98. The molecule has 2 rings (SSSR count). The minimum Gasteiger partial charge on any atom is -0.489 e. The van der Waals surface area contributed by atoms with Crippen molar-refractivity contribution >= 4 is 34.6 Å². The second kappa shape index (κ2) is 5.98. The summed E-state index contributed by atoms with van der Waals surface area (Å²) in [6, 6.07) is 9.39. The lowest BCUT2D eigenvalue weighted by atomic mass is 10.2. The Bertz CT molecular complexity index is 662. The molecule has 0 bridgehead atoms. The lowest BCUT2D eigenvalue weighted by Crippen LogP contribution is -2.00. The molecule has 0 spiro atoms. The lowest BCUT2D eigenvalue weighted by Gasteiger charge is -2.07. The number of hydrogen-bond acceptors (Lipinski definition) is 4. The highest BCUT2D eigenvalue weighted by molar-refractivity contribution is 6.42. The van der Waals surface area contributed by atoms with E-state index in [1.54, 1.807) is 24.3 Å². The first kappa shape index (κ1) is 14.4. The molecule has 0 aliphatic heterocycles. The van der Waals surface area contributed by atoms with Crippen LogP contribution in [0.4, 0.5) is 11.4 Å². The molecule has 0 aliphatic rings. The van der Waals surface area contributed by atoms with Crippen molar-refractivity contribution < 1.29 is 9.66 Å². The summed E-state index contributed by atoms with van der Waals surface area (Å²) in [6.45, 7) is 0.166. The minimum absolute atomic E-state index is 0.119. The van der Waals surface area contributed by atoms with Gasteiger partial charge in [-0.2, -0.15) is 0 Å². The van der Waals surface area contributed by atoms with Gasteiger partial charge >= 0.3 is 0 Å². The van der Waals surface area contributed by atoms with Gasteiger partial charge in [0.05, 0.1) is 15.0 Å². The molecule has 0 aliphatic carbocycles. The number of hydrogen-bond donors (Lipinski definition) is 1. The fraction of sp³-hybridized carbons (Fsp3) is 0.0769. The normalized spacial score (nSPS) is 10.3. The van der Waals surface area contributed by atoms with Gasteiger partial charge in [-0.05, 0) is 23.8 Å². The van der Waals surface area contributed by atoms with Crippen molar-refractivity contribution in [1.29, 1.82) is 0 Å². The number of ether oxygens (including phenoxy) is 1. The molecule has 104 valence electrons. The monoisotopic (exact) mass is 312 g/mol. The lowest BCUT2D eigenvalue weighted by molar-refractivity contribution is -0.384. The average molecular weight is 313 g/mol. The Morgan fingerprint density at radius 1 is 1.15 bits per heavy atom. The third kappa shape index (κ3) is 3.31. The van der Waals surface area contributed by atoms with E-state index in [1.165, 1.54) is 12.1 Å². The van der Waals surface area contributed by atoms with Gasteiger partial charge in [-0.1, -0.05) is 29.3 Å². The summed E-state index contributed by atoms with van der Waals surface area (Å²) in [5, 5.41) is 11.6. The van der Waals surface area contributed by atoms with Crippen LogP contribution in [0.1, 0.15) is 5.56 Å². The van der Waals surface area contributed by atoms with E-state index in [4.69, 9.17) is 33.7 Å². The second-order valence-corrected chi connectivity index (χ2v) is 4.83. The van der Waals surface area contributed by atoms with E-state index in [0.717, 1.165) is 0 Å². The van der Waals surface area contributed by atoms with Crippen LogP contribution >= 0.6 is 23.2 Å². The van der Waals surface area contributed by atoms with Gasteiger partial charge in [0.2, 0.25) is 0 Å². The zero-order chi connectivity index (χ0) is 14.7. The number of nitrogen functional groups attached to an aromatic ring is 1. The molecule has 20 heavy (non-hydrogen) atoms. The fourth-order valence-electron chi connectivity index (χ4n) is 1.57. The Kier molecular flexibility index (Phi) is 4.32. The number of halogens is 2. The molecule has 0 atom stereocenters. The number of nitrogens with zero attached hydrogens (tertiary/aromatic N) is 1. The van der Waals surface area contributed by atoms with Crippen LogP contribution in [0.5, 0.6) is 5.75 Å². The first-order valence-corrected chi connectivity index (χ1v) is 6.33. The van der Waals surface area contributed by atoms with E-state index >= 15 is 0 Å². The zero-order valence-electron chi connectivity index (χ0n) is 10.2. The summed E-state index contributed by atoms with van der Waals surface area (Å²) in [5.74, 6) is 0.527. The highest BCUT2D eigenvalue weighted by atomic mass is 35.5. The molecular weight excluding hydrogens is 303 g/mol. The molecule has 5 nitrogen and oxygen atoms in total.